The van der Waals surface area contributed by atoms with Crippen molar-refractivity contribution in [2.45, 2.75) is 0 Å². The number of benzene rings is 1. The number of methoxy groups -OCH3 is 1. The minimum Gasteiger partial charge on any atom is -0.497 e. The van der Waals surface area contributed by atoms with Gasteiger partial charge in [-0.1, -0.05) is 0 Å². The molecule has 0 aliphatic carbocycles. The van der Waals surface area contributed by atoms with Crippen molar-refractivity contribution in [3.05, 3.63) is 24.3 Å². The van der Waals surface area contributed by atoms with Crippen molar-refractivity contribution >= 4 is 25.4 Å². The molecule has 1 aromatic rings. The van der Waals surface area contributed by atoms with E-state index in [2.05, 4.69) is 0 Å². The van der Waals surface area contributed by atoms with E-state index < -0.39 is 19.7 Å². The van der Waals surface area contributed by atoms with E-state index in [1.54, 1.807) is 36.3 Å². The first-order valence-corrected chi connectivity index (χ1v) is 10.5. The van der Waals surface area contributed by atoms with E-state index in [0.29, 0.717) is 5.75 Å². The molecular weight excluding hydrogens is 314 g/mol. The second-order valence-electron chi connectivity index (χ2n) is 4.94. The lowest BCUT2D eigenvalue weighted by Crippen LogP contribution is -2.33. The lowest BCUT2D eigenvalue weighted by Gasteiger charge is -2.24. The van der Waals surface area contributed by atoms with Crippen LogP contribution in [-0.2, 0) is 19.7 Å². The largest absolute Gasteiger partial charge is 0.497 e. The summed E-state index contributed by atoms with van der Waals surface area (Å²) in [7, 11) is -4.66. The predicted octanol–water partition coefficient (Wildman–Crippen LogP) is 0.591. The Morgan fingerprint density at radius 1 is 0.905 bits per heavy atom. The third-order valence-corrected chi connectivity index (χ3v) is 4.75. The number of sulfone groups is 2. The van der Waals surface area contributed by atoms with Gasteiger partial charge in [-0.05, 0) is 24.3 Å². The highest BCUT2D eigenvalue weighted by molar-refractivity contribution is 7.90. The molecule has 1 rings (SSSR count). The van der Waals surface area contributed by atoms with Crippen molar-refractivity contribution in [2.75, 3.05) is 49.1 Å². The molecule has 120 valence electrons. The molecule has 1 aromatic carbocycles. The predicted molar refractivity (Wildman–Crippen MR) is 84.6 cm³/mol. The van der Waals surface area contributed by atoms with E-state index >= 15 is 0 Å². The van der Waals surface area contributed by atoms with E-state index in [-0.39, 0.29) is 24.6 Å². The number of ether oxygens (including phenoxy) is 1. The van der Waals surface area contributed by atoms with Crippen LogP contribution < -0.4 is 9.64 Å². The Morgan fingerprint density at radius 2 is 1.33 bits per heavy atom. The Morgan fingerprint density at radius 3 is 1.67 bits per heavy atom. The Kier molecular flexibility index (Phi) is 6.03. The van der Waals surface area contributed by atoms with Crippen LogP contribution in [0.2, 0.25) is 0 Å². The minimum absolute atomic E-state index is 0.0250. The molecule has 0 bridgehead atoms. The number of anilines is 1. The van der Waals surface area contributed by atoms with Gasteiger partial charge >= 0.3 is 0 Å². The third-order valence-electron chi connectivity index (χ3n) is 2.90. The summed E-state index contributed by atoms with van der Waals surface area (Å²) in [6.45, 7) is 0.501. The highest BCUT2D eigenvalue weighted by atomic mass is 32.2. The van der Waals surface area contributed by atoms with E-state index in [0.717, 1.165) is 18.2 Å². The van der Waals surface area contributed by atoms with Crippen LogP contribution in [0.25, 0.3) is 0 Å². The van der Waals surface area contributed by atoms with E-state index in [1.807, 2.05) is 0 Å². The fourth-order valence-corrected chi connectivity index (χ4v) is 2.82. The quantitative estimate of drug-likeness (QED) is 0.692. The topological polar surface area (TPSA) is 80.8 Å². The molecule has 0 spiro atoms. The second kappa shape index (κ2) is 7.13. The SMILES string of the molecule is COc1ccc(N(CCS(C)(=O)=O)CCS(C)(=O)=O)cc1. The summed E-state index contributed by atoms with van der Waals surface area (Å²) < 4.78 is 50.3. The van der Waals surface area contributed by atoms with Crippen molar-refractivity contribution in [3.8, 4) is 5.75 Å². The molecule has 0 saturated carbocycles. The average molecular weight is 335 g/mol. The van der Waals surface area contributed by atoms with Crippen molar-refractivity contribution < 1.29 is 21.6 Å². The van der Waals surface area contributed by atoms with Crippen LogP contribution in [0.5, 0.6) is 5.75 Å². The van der Waals surface area contributed by atoms with Gasteiger partial charge in [-0.2, -0.15) is 0 Å². The number of rotatable bonds is 8. The number of hydrogen-bond acceptors (Lipinski definition) is 6. The molecule has 0 aliphatic heterocycles. The zero-order chi connectivity index (χ0) is 16.1. The van der Waals surface area contributed by atoms with Gasteiger partial charge < -0.3 is 9.64 Å². The summed E-state index contributed by atoms with van der Waals surface area (Å²) >= 11 is 0. The molecular formula is C13H21NO5S2. The molecule has 8 heteroatoms. The minimum atomic E-state index is -3.11. The van der Waals surface area contributed by atoms with Crippen LogP contribution in [0.1, 0.15) is 0 Å². The standard InChI is InChI=1S/C13H21NO5S2/c1-19-13-6-4-12(5-7-13)14(8-10-20(2,15)16)9-11-21(3,17)18/h4-7H,8-11H2,1-3H3. The first-order chi connectivity index (χ1) is 9.61. The molecule has 6 nitrogen and oxygen atoms in total. The highest BCUT2D eigenvalue weighted by Crippen LogP contribution is 2.19. The van der Waals surface area contributed by atoms with E-state index in [9.17, 15) is 16.8 Å². The Labute approximate surface area is 126 Å². The molecule has 0 aliphatic rings. The molecule has 0 N–H and O–H groups in total. The molecule has 21 heavy (non-hydrogen) atoms. The summed E-state index contributed by atoms with van der Waals surface area (Å²) in [4.78, 5) is 1.75. The molecule has 0 unspecified atom stereocenters. The lowest BCUT2D eigenvalue weighted by atomic mass is 10.2. The first kappa shape index (κ1) is 17.8. The summed E-state index contributed by atoms with van der Waals surface area (Å²) in [5.41, 5.74) is 0.767. The Bertz CT molecular complexity index is 614. The lowest BCUT2D eigenvalue weighted by molar-refractivity contribution is 0.415. The van der Waals surface area contributed by atoms with Crippen molar-refractivity contribution in [3.63, 3.8) is 0 Å². The van der Waals surface area contributed by atoms with Gasteiger partial charge in [0.15, 0.2) is 0 Å². The van der Waals surface area contributed by atoms with Gasteiger partial charge in [0.25, 0.3) is 0 Å². The highest BCUT2D eigenvalue weighted by Gasteiger charge is 2.13. The zero-order valence-corrected chi connectivity index (χ0v) is 14.1. The molecule has 0 saturated heterocycles. The zero-order valence-electron chi connectivity index (χ0n) is 12.4. The first-order valence-electron chi connectivity index (χ1n) is 6.35. The average Bonchev–Trinajstić information content (AvgIpc) is 2.36. The summed E-state index contributed by atoms with van der Waals surface area (Å²) in [6, 6.07) is 7.07. The molecule has 0 heterocycles. The summed E-state index contributed by atoms with van der Waals surface area (Å²) in [6.07, 6.45) is 2.32. The molecule has 0 fully saturated rings. The summed E-state index contributed by atoms with van der Waals surface area (Å²) in [5.74, 6) is 0.635. The van der Waals surface area contributed by atoms with Crippen molar-refractivity contribution in [1.29, 1.82) is 0 Å². The van der Waals surface area contributed by atoms with Gasteiger partial charge in [0.05, 0.1) is 18.6 Å². The van der Waals surface area contributed by atoms with Gasteiger partial charge in [-0.3, -0.25) is 0 Å². The molecule has 0 aromatic heterocycles. The van der Waals surface area contributed by atoms with Crippen molar-refractivity contribution in [1.82, 2.24) is 0 Å². The van der Waals surface area contributed by atoms with Crippen LogP contribution in [0.15, 0.2) is 24.3 Å². The van der Waals surface area contributed by atoms with Crippen molar-refractivity contribution in [2.24, 2.45) is 0 Å². The van der Waals surface area contributed by atoms with Gasteiger partial charge in [0, 0.05) is 31.3 Å². The fourth-order valence-electron chi connectivity index (χ4n) is 1.72. The maximum atomic E-state index is 11.3. The Hall–Kier alpha value is -1.28. The maximum absolute atomic E-state index is 11.3. The van der Waals surface area contributed by atoms with Crippen LogP contribution in [0.3, 0.4) is 0 Å². The van der Waals surface area contributed by atoms with Crippen LogP contribution in [0, 0.1) is 0 Å². The normalized spacial score (nSPS) is 12.1. The van der Waals surface area contributed by atoms with Gasteiger partial charge in [-0.15, -0.1) is 0 Å². The second-order valence-corrected chi connectivity index (χ2v) is 9.46. The summed E-state index contributed by atoms with van der Waals surface area (Å²) in [5, 5.41) is 0. The van der Waals surface area contributed by atoms with Gasteiger partial charge in [0.2, 0.25) is 0 Å². The van der Waals surface area contributed by atoms with E-state index in [1.165, 1.54) is 0 Å². The maximum Gasteiger partial charge on any atom is 0.149 e. The molecule has 0 atom stereocenters. The number of hydrogen-bond donors (Lipinski definition) is 0. The molecule has 0 radical (unpaired) electrons. The van der Waals surface area contributed by atoms with E-state index in [4.69, 9.17) is 4.74 Å². The van der Waals surface area contributed by atoms with Crippen LogP contribution in [-0.4, -0.2) is 61.1 Å². The monoisotopic (exact) mass is 335 g/mol. The van der Waals surface area contributed by atoms with Crippen LogP contribution >= 0.6 is 0 Å². The van der Waals surface area contributed by atoms with Gasteiger partial charge in [0.1, 0.15) is 25.4 Å². The third kappa shape index (κ3) is 7.33. The fraction of sp³-hybridized carbons (Fsp3) is 0.538. The smallest absolute Gasteiger partial charge is 0.149 e. The number of nitrogens with zero attached hydrogens (tertiary/aromatic N) is 1. The molecule has 0 amide bonds. The van der Waals surface area contributed by atoms with Crippen LogP contribution in [0.4, 0.5) is 5.69 Å². The Balaban J connectivity index is 2.88. The van der Waals surface area contributed by atoms with Gasteiger partial charge in [-0.25, -0.2) is 16.8 Å².